The molecule has 0 aliphatic carbocycles. The summed E-state index contributed by atoms with van der Waals surface area (Å²) in [6.07, 6.45) is 12.8. The summed E-state index contributed by atoms with van der Waals surface area (Å²) in [5, 5.41) is 12.5. The SMILES string of the molecule is CCCCCCCCCCC1(C(=O)O)CCCN1. The molecule has 1 atom stereocenters. The fraction of sp³-hybridized carbons (Fsp3) is 0.933. The number of hydrogen-bond acceptors (Lipinski definition) is 2. The lowest BCUT2D eigenvalue weighted by Crippen LogP contribution is -2.47. The van der Waals surface area contributed by atoms with Crippen molar-refractivity contribution >= 4 is 5.97 Å². The van der Waals surface area contributed by atoms with Crippen LogP contribution in [0.3, 0.4) is 0 Å². The topological polar surface area (TPSA) is 49.3 Å². The van der Waals surface area contributed by atoms with Crippen LogP contribution in [-0.4, -0.2) is 23.2 Å². The molecule has 106 valence electrons. The van der Waals surface area contributed by atoms with Gasteiger partial charge < -0.3 is 10.4 Å². The van der Waals surface area contributed by atoms with Crippen LogP contribution in [0.4, 0.5) is 0 Å². The number of carbonyl (C=O) groups is 1. The predicted octanol–water partition coefficient (Wildman–Crippen LogP) is 3.72. The minimum atomic E-state index is -0.650. The van der Waals surface area contributed by atoms with Gasteiger partial charge in [-0.25, -0.2) is 0 Å². The van der Waals surface area contributed by atoms with E-state index in [0.717, 1.165) is 32.2 Å². The third-order valence-electron chi connectivity index (χ3n) is 4.11. The van der Waals surface area contributed by atoms with Gasteiger partial charge in [0.15, 0.2) is 0 Å². The van der Waals surface area contributed by atoms with Crippen LogP contribution in [0.1, 0.15) is 77.6 Å². The Balaban J connectivity index is 2.04. The third-order valence-corrected chi connectivity index (χ3v) is 4.11. The fourth-order valence-electron chi connectivity index (χ4n) is 2.87. The zero-order valence-electron chi connectivity index (χ0n) is 11.8. The first-order valence-corrected chi connectivity index (χ1v) is 7.70. The van der Waals surface area contributed by atoms with E-state index in [1.165, 1.54) is 44.9 Å². The first-order chi connectivity index (χ1) is 8.71. The zero-order valence-corrected chi connectivity index (χ0v) is 11.8. The summed E-state index contributed by atoms with van der Waals surface area (Å²) in [6.45, 7) is 3.10. The highest BCUT2D eigenvalue weighted by atomic mass is 16.4. The van der Waals surface area contributed by atoms with Gasteiger partial charge in [0.1, 0.15) is 5.54 Å². The van der Waals surface area contributed by atoms with E-state index in [2.05, 4.69) is 12.2 Å². The lowest BCUT2D eigenvalue weighted by Gasteiger charge is -2.24. The Bertz CT molecular complexity index is 235. The maximum atomic E-state index is 11.3. The van der Waals surface area contributed by atoms with Crippen molar-refractivity contribution in [2.75, 3.05) is 6.54 Å². The molecule has 0 radical (unpaired) electrons. The van der Waals surface area contributed by atoms with E-state index < -0.39 is 11.5 Å². The highest BCUT2D eigenvalue weighted by Crippen LogP contribution is 2.26. The lowest BCUT2D eigenvalue weighted by atomic mass is 9.90. The molecule has 18 heavy (non-hydrogen) atoms. The van der Waals surface area contributed by atoms with Crippen LogP contribution in [0.2, 0.25) is 0 Å². The van der Waals surface area contributed by atoms with Crippen LogP contribution in [0.15, 0.2) is 0 Å². The molecule has 2 N–H and O–H groups in total. The van der Waals surface area contributed by atoms with Gasteiger partial charge in [-0.2, -0.15) is 0 Å². The van der Waals surface area contributed by atoms with E-state index in [9.17, 15) is 9.90 Å². The van der Waals surface area contributed by atoms with E-state index in [4.69, 9.17) is 0 Å². The molecule has 1 saturated heterocycles. The van der Waals surface area contributed by atoms with Crippen LogP contribution in [-0.2, 0) is 4.79 Å². The van der Waals surface area contributed by atoms with Gasteiger partial charge in [0.05, 0.1) is 0 Å². The summed E-state index contributed by atoms with van der Waals surface area (Å²) in [7, 11) is 0. The van der Waals surface area contributed by atoms with Crippen molar-refractivity contribution in [2.24, 2.45) is 0 Å². The quantitative estimate of drug-likeness (QED) is 0.585. The second kappa shape index (κ2) is 8.52. The van der Waals surface area contributed by atoms with Crippen LogP contribution >= 0.6 is 0 Å². The molecule has 3 nitrogen and oxygen atoms in total. The highest BCUT2D eigenvalue weighted by Gasteiger charge is 2.40. The molecule has 0 saturated carbocycles. The lowest BCUT2D eigenvalue weighted by molar-refractivity contribution is -0.144. The maximum absolute atomic E-state index is 11.3. The summed E-state index contributed by atoms with van der Waals surface area (Å²) >= 11 is 0. The van der Waals surface area contributed by atoms with Crippen molar-refractivity contribution in [1.82, 2.24) is 5.32 Å². The summed E-state index contributed by atoms with van der Waals surface area (Å²) in [5.41, 5.74) is -0.595. The molecule has 0 aromatic heterocycles. The van der Waals surface area contributed by atoms with Gasteiger partial charge in [-0.1, -0.05) is 58.3 Å². The molecule has 0 spiro atoms. The third kappa shape index (κ3) is 4.97. The van der Waals surface area contributed by atoms with Crippen molar-refractivity contribution in [1.29, 1.82) is 0 Å². The fourth-order valence-corrected chi connectivity index (χ4v) is 2.87. The number of hydrogen-bond donors (Lipinski definition) is 2. The summed E-state index contributed by atoms with van der Waals surface area (Å²) in [6, 6.07) is 0. The van der Waals surface area contributed by atoms with Gasteiger partial charge >= 0.3 is 5.97 Å². The molecular weight excluding hydrogens is 226 g/mol. The standard InChI is InChI=1S/C15H29NO2/c1-2-3-4-5-6-7-8-9-11-15(14(17)18)12-10-13-16-15/h16H,2-13H2,1H3,(H,17,18). The first kappa shape index (κ1) is 15.5. The van der Waals surface area contributed by atoms with E-state index in [-0.39, 0.29) is 0 Å². The number of unbranched alkanes of at least 4 members (excludes halogenated alkanes) is 7. The Morgan fingerprint density at radius 2 is 1.72 bits per heavy atom. The smallest absolute Gasteiger partial charge is 0.323 e. The normalized spacial score (nSPS) is 23.4. The molecule has 1 heterocycles. The number of carboxylic acid groups (broad SMARTS) is 1. The number of rotatable bonds is 10. The summed E-state index contributed by atoms with van der Waals surface area (Å²) in [4.78, 5) is 11.3. The molecule has 0 aromatic rings. The molecule has 1 aliphatic heterocycles. The van der Waals surface area contributed by atoms with E-state index in [1.807, 2.05) is 0 Å². The van der Waals surface area contributed by atoms with Crippen molar-refractivity contribution in [3.8, 4) is 0 Å². The van der Waals surface area contributed by atoms with E-state index in [0.29, 0.717) is 0 Å². The largest absolute Gasteiger partial charge is 0.480 e. The van der Waals surface area contributed by atoms with Crippen molar-refractivity contribution in [2.45, 2.75) is 83.1 Å². The van der Waals surface area contributed by atoms with Crippen LogP contribution in [0.25, 0.3) is 0 Å². The summed E-state index contributed by atoms with van der Waals surface area (Å²) in [5.74, 6) is -0.650. The zero-order chi connectivity index (χ0) is 13.3. The maximum Gasteiger partial charge on any atom is 0.323 e. The average molecular weight is 255 g/mol. The Kier molecular flexibility index (Phi) is 7.33. The highest BCUT2D eigenvalue weighted by molar-refractivity contribution is 5.79. The van der Waals surface area contributed by atoms with Gasteiger partial charge in [0, 0.05) is 0 Å². The average Bonchev–Trinajstić information content (AvgIpc) is 2.83. The predicted molar refractivity (Wildman–Crippen MR) is 74.8 cm³/mol. The Morgan fingerprint density at radius 1 is 1.11 bits per heavy atom. The van der Waals surface area contributed by atoms with Gasteiger partial charge in [-0.05, 0) is 25.8 Å². The molecular formula is C15H29NO2. The molecule has 0 amide bonds. The van der Waals surface area contributed by atoms with Gasteiger partial charge in [0.25, 0.3) is 0 Å². The molecule has 3 heteroatoms. The van der Waals surface area contributed by atoms with Crippen molar-refractivity contribution in [3.63, 3.8) is 0 Å². The van der Waals surface area contributed by atoms with Gasteiger partial charge in [-0.15, -0.1) is 0 Å². The Morgan fingerprint density at radius 3 is 2.22 bits per heavy atom. The van der Waals surface area contributed by atoms with Crippen molar-refractivity contribution in [3.05, 3.63) is 0 Å². The number of nitrogens with one attached hydrogen (secondary N) is 1. The number of aliphatic carboxylic acids is 1. The van der Waals surface area contributed by atoms with Crippen LogP contribution in [0, 0.1) is 0 Å². The molecule has 1 rings (SSSR count). The molecule has 0 aromatic carbocycles. The van der Waals surface area contributed by atoms with Gasteiger partial charge in [0.2, 0.25) is 0 Å². The van der Waals surface area contributed by atoms with Crippen molar-refractivity contribution < 1.29 is 9.90 Å². The Hall–Kier alpha value is -0.570. The Labute approximate surface area is 111 Å². The molecule has 1 aliphatic rings. The van der Waals surface area contributed by atoms with Gasteiger partial charge in [-0.3, -0.25) is 4.79 Å². The van der Waals surface area contributed by atoms with Crippen LogP contribution in [0.5, 0.6) is 0 Å². The van der Waals surface area contributed by atoms with E-state index >= 15 is 0 Å². The molecule has 1 unspecified atom stereocenters. The number of carboxylic acids is 1. The molecule has 1 fully saturated rings. The molecule has 0 bridgehead atoms. The monoisotopic (exact) mass is 255 g/mol. The minimum Gasteiger partial charge on any atom is -0.480 e. The van der Waals surface area contributed by atoms with Crippen LogP contribution < -0.4 is 5.32 Å². The first-order valence-electron chi connectivity index (χ1n) is 7.70. The second-order valence-corrected chi connectivity index (χ2v) is 5.64. The summed E-state index contributed by atoms with van der Waals surface area (Å²) < 4.78 is 0. The second-order valence-electron chi connectivity index (χ2n) is 5.64. The van der Waals surface area contributed by atoms with E-state index in [1.54, 1.807) is 0 Å². The minimum absolute atomic E-state index is 0.595.